The van der Waals surface area contributed by atoms with Crippen molar-refractivity contribution < 1.29 is 9.84 Å². The number of hydrogen-bond acceptors (Lipinski definition) is 3. The Hall–Kier alpha value is -1.22. The zero-order valence-corrected chi connectivity index (χ0v) is 10.1. The Morgan fingerprint density at radius 2 is 2.06 bits per heavy atom. The Balaban J connectivity index is 2.44. The molecule has 0 saturated heterocycles. The van der Waals surface area contributed by atoms with E-state index in [9.17, 15) is 5.11 Å². The summed E-state index contributed by atoms with van der Waals surface area (Å²) in [4.78, 5) is 0. The van der Waals surface area contributed by atoms with Crippen molar-refractivity contribution in [2.45, 2.75) is 38.6 Å². The molecule has 3 nitrogen and oxygen atoms in total. The van der Waals surface area contributed by atoms with Crippen LogP contribution in [0.5, 0.6) is 11.5 Å². The number of ether oxygens (including phenoxy) is 1. The Bertz CT molecular complexity index is 422. The van der Waals surface area contributed by atoms with Crippen molar-refractivity contribution in [3.8, 4) is 11.5 Å². The van der Waals surface area contributed by atoms with Crippen molar-refractivity contribution in [3.05, 3.63) is 22.8 Å². The summed E-state index contributed by atoms with van der Waals surface area (Å²) in [5.41, 5.74) is 9.21. The minimum atomic E-state index is -0.0962. The molecule has 1 aliphatic carbocycles. The SMILES string of the molecule is COc1cc(C)c(C)c(CC2(N)CC2)c1O. The van der Waals surface area contributed by atoms with Gasteiger partial charge in [0.05, 0.1) is 7.11 Å². The van der Waals surface area contributed by atoms with Gasteiger partial charge in [0, 0.05) is 11.1 Å². The van der Waals surface area contributed by atoms with E-state index in [1.54, 1.807) is 7.11 Å². The molecule has 0 unspecified atom stereocenters. The molecule has 0 aromatic heterocycles. The van der Waals surface area contributed by atoms with Crippen molar-refractivity contribution in [2.24, 2.45) is 5.73 Å². The molecule has 88 valence electrons. The van der Waals surface area contributed by atoms with Gasteiger partial charge in [-0.05, 0) is 50.3 Å². The third-order valence-electron chi connectivity index (χ3n) is 3.55. The van der Waals surface area contributed by atoms with Crippen LogP contribution >= 0.6 is 0 Å². The molecule has 0 radical (unpaired) electrons. The molecule has 3 N–H and O–H groups in total. The van der Waals surface area contributed by atoms with Crippen LogP contribution in [0.1, 0.15) is 29.5 Å². The molecule has 1 fully saturated rings. The highest BCUT2D eigenvalue weighted by atomic mass is 16.5. The van der Waals surface area contributed by atoms with Crippen LogP contribution in [0.3, 0.4) is 0 Å². The average molecular weight is 221 g/mol. The van der Waals surface area contributed by atoms with Gasteiger partial charge in [0.15, 0.2) is 11.5 Å². The number of rotatable bonds is 3. The number of methoxy groups -OCH3 is 1. The first-order valence-electron chi connectivity index (χ1n) is 5.62. The van der Waals surface area contributed by atoms with Gasteiger partial charge in [0.25, 0.3) is 0 Å². The second-order valence-corrected chi connectivity index (χ2v) is 4.89. The molecule has 0 spiro atoms. The molecule has 2 rings (SSSR count). The van der Waals surface area contributed by atoms with Crippen LogP contribution < -0.4 is 10.5 Å². The van der Waals surface area contributed by atoms with E-state index in [0.29, 0.717) is 5.75 Å². The van der Waals surface area contributed by atoms with E-state index in [1.807, 2.05) is 19.9 Å². The molecule has 0 aliphatic heterocycles. The molecule has 0 atom stereocenters. The Kier molecular flexibility index (Phi) is 2.58. The van der Waals surface area contributed by atoms with E-state index < -0.39 is 0 Å². The molecule has 0 amide bonds. The van der Waals surface area contributed by atoms with Gasteiger partial charge in [-0.3, -0.25) is 0 Å². The third kappa shape index (κ3) is 1.87. The monoisotopic (exact) mass is 221 g/mol. The highest BCUT2D eigenvalue weighted by molar-refractivity contribution is 5.53. The van der Waals surface area contributed by atoms with E-state index in [-0.39, 0.29) is 11.3 Å². The lowest BCUT2D eigenvalue weighted by molar-refractivity contribution is 0.368. The molecule has 1 saturated carbocycles. The van der Waals surface area contributed by atoms with Gasteiger partial charge in [-0.15, -0.1) is 0 Å². The standard InChI is InChI=1S/C13H19NO2/c1-8-6-11(16-3)12(15)10(9(8)2)7-13(14)4-5-13/h6,15H,4-5,7,14H2,1-3H3. The first-order valence-corrected chi connectivity index (χ1v) is 5.62. The van der Waals surface area contributed by atoms with Crippen molar-refractivity contribution >= 4 is 0 Å². The van der Waals surface area contributed by atoms with E-state index in [1.165, 1.54) is 0 Å². The van der Waals surface area contributed by atoms with E-state index in [0.717, 1.165) is 36.0 Å². The summed E-state index contributed by atoms with van der Waals surface area (Å²) in [7, 11) is 1.57. The normalized spacial score (nSPS) is 17.2. The topological polar surface area (TPSA) is 55.5 Å². The molecule has 0 heterocycles. The van der Waals surface area contributed by atoms with Crippen LogP contribution in [0.15, 0.2) is 6.07 Å². The third-order valence-corrected chi connectivity index (χ3v) is 3.55. The molecule has 1 aromatic rings. The van der Waals surface area contributed by atoms with Crippen molar-refractivity contribution in [2.75, 3.05) is 7.11 Å². The Labute approximate surface area is 96.2 Å². The Morgan fingerprint density at radius 3 is 2.56 bits per heavy atom. The van der Waals surface area contributed by atoms with Gasteiger partial charge >= 0.3 is 0 Å². The first kappa shape index (κ1) is 11.3. The van der Waals surface area contributed by atoms with E-state index in [2.05, 4.69) is 0 Å². The molecule has 0 bridgehead atoms. The zero-order chi connectivity index (χ0) is 11.9. The van der Waals surface area contributed by atoms with Gasteiger partial charge in [0.2, 0.25) is 0 Å². The van der Waals surface area contributed by atoms with Gasteiger partial charge < -0.3 is 15.6 Å². The smallest absolute Gasteiger partial charge is 0.161 e. The van der Waals surface area contributed by atoms with E-state index in [4.69, 9.17) is 10.5 Å². The van der Waals surface area contributed by atoms with Crippen LogP contribution in [-0.2, 0) is 6.42 Å². The van der Waals surface area contributed by atoms with Crippen molar-refractivity contribution in [1.82, 2.24) is 0 Å². The predicted molar refractivity (Wildman–Crippen MR) is 64.0 cm³/mol. The number of aromatic hydroxyl groups is 1. The second kappa shape index (κ2) is 3.67. The van der Waals surface area contributed by atoms with Crippen LogP contribution in [0.4, 0.5) is 0 Å². The molecular formula is C13H19NO2. The molecule has 1 aromatic carbocycles. The number of aryl methyl sites for hydroxylation is 1. The minimum Gasteiger partial charge on any atom is -0.504 e. The number of phenols is 1. The zero-order valence-electron chi connectivity index (χ0n) is 10.1. The molecule has 16 heavy (non-hydrogen) atoms. The molecule has 1 aliphatic rings. The number of phenolic OH excluding ortho intramolecular Hbond substituents is 1. The minimum absolute atomic E-state index is 0.0962. The lowest BCUT2D eigenvalue weighted by atomic mass is 9.95. The maximum atomic E-state index is 10.1. The van der Waals surface area contributed by atoms with Crippen LogP contribution in [0, 0.1) is 13.8 Å². The highest BCUT2D eigenvalue weighted by Crippen LogP contribution is 2.42. The largest absolute Gasteiger partial charge is 0.504 e. The summed E-state index contributed by atoms with van der Waals surface area (Å²) in [6.07, 6.45) is 2.83. The summed E-state index contributed by atoms with van der Waals surface area (Å²) in [5, 5.41) is 10.1. The van der Waals surface area contributed by atoms with Gasteiger partial charge in [-0.1, -0.05) is 0 Å². The summed E-state index contributed by atoms with van der Waals surface area (Å²) < 4.78 is 5.17. The first-order chi connectivity index (χ1) is 7.47. The maximum absolute atomic E-state index is 10.1. The summed E-state index contributed by atoms with van der Waals surface area (Å²) in [6, 6.07) is 1.87. The number of hydrogen-bond donors (Lipinski definition) is 2. The lowest BCUT2D eigenvalue weighted by Crippen LogP contribution is -2.25. The van der Waals surface area contributed by atoms with Crippen LogP contribution in [0.25, 0.3) is 0 Å². The lowest BCUT2D eigenvalue weighted by Gasteiger charge is -2.17. The fraction of sp³-hybridized carbons (Fsp3) is 0.538. The van der Waals surface area contributed by atoms with Gasteiger partial charge in [-0.25, -0.2) is 0 Å². The number of nitrogens with two attached hydrogens (primary N) is 1. The summed E-state index contributed by atoms with van der Waals surface area (Å²) in [6.45, 7) is 4.05. The van der Waals surface area contributed by atoms with Crippen LogP contribution in [-0.4, -0.2) is 17.8 Å². The quantitative estimate of drug-likeness (QED) is 0.821. The van der Waals surface area contributed by atoms with Gasteiger partial charge in [-0.2, -0.15) is 0 Å². The fourth-order valence-corrected chi connectivity index (χ4v) is 2.00. The average Bonchev–Trinajstić information content (AvgIpc) is 2.97. The fourth-order valence-electron chi connectivity index (χ4n) is 2.00. The second-order valence-electron chi connectivity index (χ2n) is 4.89. The maximum Gasteiger partial charge on any atom is 0.161 e. The van der Waals surface area contributed by atoms with Crippen molar-refractivity contribution in [1.29, 1.82) is 0 Å². The summed E-state index contributed by atoms with van der Waals surface area (Å²) in [5.74, 6) is 0.796. The van der Waals surface area contributed by atoms with Gasteiger partial charge in [0.1, 0.15) is 0 Å². The highest BCUT2D eigenvalue weighted by Gasteiger charge is 2.39. The molecular weight excluding hydrogens is 202 g/mol. The van der Waals surface area contributed by atoms with E-state index >= 15 is 0 Å². The summed E-state index contributed by atoms with van der Waals surface area (Å²) >= 11 is 0. The Morgan fingerprint density at radius 1 is 1.44 bits per heavy atom. The predicted octanol–water partition coefficient (Wildman–Crippen LogP) is 2.05. The van der Waals surface area contributed by atoms with Crippen molar-refractivity contribution in [3.63, 3.8) is 0 Å². The molecule has 3 heteroatoms. The number of benzene rings is 1. The van der Waals surface area contributed by atoms with Crippen LogP contribution in [0.2, 0.25) is 0 Å².